The lowest BCUT2D eigenvalue weighted by Crippen LogP contribution is -2.75. The van der Waals surface area contributed by atoms with Gasteiger partial charge in [0.25, 0.3) is 5.52 Å². The Bertz CT molecular complexity index is 2570. The molecule has 0 aliphatic carbocycles. The molecule has 0 unspecified atom stereocenters. The number of para-hydroxylation sites is 1. The zero-order valence-corrected chi connectivity index (χ0v) is 36.2. The van der Waals surface area contributed by atoms with Crippen molar-refractivity contribution in [3.05, 3.63) is 160 Å². The van der Waals surface area contributed by atoms with Crippen LogP contribution in [-0.4, -0.2) is 12.8 Å². The number of halogens is 24. The number of benzene rings is 5. The van der Waals surface area contributed by atoms with Gasteiger partial charge < -0.3 is 0 Å². The molecule has 5 aromatic carbocycles. The molecular formula is C46H27BF24N2O. The molecule has 0 aliphatic rings. The first-order chi connectivity index (χ1) is 33.7. The number of fused-ring (bicyclic) bond motifs is 1. The Morgan fingerprint density at radius 2 is 0.649 bits per heavy atom. The SMILES string of the molecule is FC(F)(F)c1cc([B-](c2cc(C(F)(F)F)cc(C(F)(F)F)c2)(c2cc(C(F)(F)F)cc(C(F)(F)F)c2)c2cc(C(F)(F)F)cc(C(F)(F)F)c2)cc(C(F)(F)F)c1.N#CCCCCO[n+]1cccc2ccccc21. The van der Waals surface area contributed by atoms with Crippen LogP contribution in [0.4, 0.5) is 105 Å². The summed E-state index contributed by atoms with van der Waals surface area (Å²) in [4.78, 5) is 5.67. The number of hydrogen-bond acceptors (Lipinski definition) is 2. The highest BCUT2D eigenvalue weighted by Crippen LogP contribution is 2.41. The van der Waals surface area contributed by atoms with Gasteiger partial charge in [-0.05, 0) is 49.2 Å². The first kappa shape index (κ1) is 58.1. The normalized spacial score (nSPS) is 13.3. The first-order valence-corrected chi connectivity index (χ1v) is 20.4. The molecule has 6 aromatic rings. The van der Waals surface area contributed by atoms with Crippen LogP contribution in [0.2, 0.25) is 0 Å². The van der Waals surface area contributed by atoms with Crippen LogP contribution in [0.15, 0.2) is 115 Å². The van der Waals surface area contributed by atoms with E-state index in [9.17, 15) is 105 Å². The topological polar surface area (TPSA) is 36.9 Å². The van der Waals surface area contributed by atoms with Crippen LogP contribution in [0.1, 0.15) is 63.8 Å². The second-order valence-corrected chi connectivity index (χ2v) is 16.1. The summed E-state index contributed by atoms with van der Waals surface area (Å²) in [7, 11) is 0. The number of alkyl halides is 24. The Hall–Kier alpha value is -6.82. The Kier molecular flexibility index (Phi) is 16.1. The van der Waals surface area contributed by atoms with Crippen molar-refractivity contribution in [1.82, 2.24) is 0 Å². The van der Waals surface area contributed by atoms with Crippen molar-refractivity contribution in [3.8, 4) is 6.07 Å². The number of nitriles is 1. The van der Waals surface area contributed by atoms with Crippen LogP contribution >= 0.6 is 0 Å². The van der Waals surface area contributed by atoms with Gasteiger partial charge in [0, 0.05) is 23.3 Å². The van der Waals surface area contributed by atoms with E-state index in [-0.39, 0.29) is 0 Å². The molecule has 0 radical (unpaired) electrons. The highest BCUT2D eigenvalue weighted by Gasteiger charge is 2.47. The summed E-state index contributed by atoms with van der Waals surface area (Å²) in [5, 5.41) is 9.59. The van der Waals surface area contributed by atoms with E-state index in [1.165, 1.54) is 0 Å². The largest absolute Gasteiger partial charge is 0.416 e. The molecule has 6 rings (SSSR count). The summed E-state index contributed by atoms with van der Waals surface area (Å²) >= 11 is 0. The van der Waals surface area contributed by atoms with Crippen LogP contribution in [0.5, 0.6) is 0 Å². The first-order valence-electron chi connectivity index (χ1n) is 20.4. The highest BCUT2D eigenvalue weighted by molar-refractivity contribution is 7.20. The molecule has 0 fully saturated rings. The molecule has 398 valence electrons. The van der Waals surface area contributed by atoms with E-state index in [2.05, 4.69) is 18.2 Å². The maximum absolute atomic E-state index is 14.2. The third-order valence-electron chi connectivity index (χ3n) is 11.0. The van der Waals surface area contributed by atoms with Gasteiger partial charge in [-0.2, -0.15) is 132 Å². The Morgan fingerprint density at radius 3 is 0.919 bits per heavy atom. The molecule has 0 saturated heterocycles. The number of hydrogen-bond donors (Lipinski definition) is 0. The minimum atomic E-state index is -6.13. The Morgan fingerprint density at radius 1 is 0.378 bits per heavy atom. The van der Waals surface area contributed by atoms with Crippen molar-refractivity contribution in [1.29, 1.82) is 5.26 Å². The third kappa shape index (κ3) is 13.5. The monoisotopic (exact) mass is 1090 g/mol. The van der Waals surface area contributed by atoms with Crippen molar-refractivity contribution in [2.45, 2.75) is 68.7 Å². The fourth-order valence-corrected chi connectivity index (χ4v) is 7.79. The number of pyridine rings is 1. The Labute approximate surface area is 400 Å². The van der Waals surface area contributed by atoms with Crippen molar-refractivity contribution in [2.24, 2.45) is 0 Å². The molecule has 0 spiro atoms. The molecular weight excluding hydrogens is 1060 g/mol. The van der Waals surface area contributed by atoms with E-state index < -0.39 is 195 Å². The van der Waals surface area contributed by atoms with E-state index >= 15 is 0 Å². The summed E-state index contributed by atoms with van der Waals surface area (Å²) < 4.78 is 343. The number of unbranched alkanes of at least 4 members (excludes halogenated alkanes) is 2. The van der Waals surface area contributed by atoms with Gasteiger partial charge in [0.05, 0.1) is 56.0 Å². The van der Waals surface area contributed by atoms with E-state index in [0.717, 1.165) is 23.7 Å². The summed E-state index contributed by atoms with van der Waals surface area (Å²) in [6, 6.07) is 5.46. The van der Waals surface area contributed by atoms with Gasteiger partial charge >= 0.3 is 49.4 Å². The van der Waals surface area contributed by atoms with Crippen molar-refractivity contribution in [2.75, 3.05) is 6.61 Å². The average molecular weight is 1090 g/mol. The lowest BCUT2D eigenvalue weighted by Gasteiger charge is -2.46. The Balaban J connectivity index is 0.000000500. The van der Waals surface area contributed by atoms with Crippen LogP contribution in [-0.2, 0) is 49.4 Å². The van der Waals surface area contributed by atoms with E-state index in [1.807, 2.05) is 30.5 Å². The predicted octanol–water partition coefficient (Wildman–Crippen LogP) is 13.5. The summed E-state index contributed by atoms with van der Waals surface area (Å²) in [6.07, 6.45) is -50.5. The van der Waals surface area contributed by atoms with Gasteiger partial charge in [-0.15, -0.1) is 0 Å². The smallest absolute Gasteiger partial charge is 0.271 e. The number of rotatable bonds is 9. The molecule has 0 bridgehead atoms. The summed E-state index contributed by atoms with van der Waals surface area (Å²) in [6.45, 7) is 0.639. The quantitative estimate of drug-likeness (QED) is 0.0626. The molecule has 0 amide bonds. The predicted molar refractivity (Wildman–Crippen MR) is 215 cm³/mol. The van der Waals surface area contributed by atoms with Gasteiger partial charge in [0.1, 0.15) is 6.15 Å². The minimum Gasteiger partial charge on any atom is -0.271 e. The van der Waals surface area contributed by atoms with Gasteiger partial charge in [-0.3, -0.25) is 4.84 Å². The lowest BCUT2D eigenvalue weighted by molar-refractivity contribution is -0.871. The zero-order chi connectivity index (χ0) is 55.8. The molecule has 28 heteroatoms. The van der Waals surface area contributed by atoms with Crippen LogP contribution in [0.3, 0.4) is 0 Å². The van der Waals surface area contributed by atoms with E-state index in [1.54, 1.807) is 4.73 Å². The van der Waals surface area contributed by atoms with Crippen LogP contribution < -0.4 is 31.4 Å². The molecule has 0 aliphatic heterocycles. The average Bonchev–Trinajstić information content (AvgIpc) is 3.27. The standard InChI is InChI=1S/C32H12BF24.C14H15N2O/c34-25(35,36)13-1-14(26(37,38)39)6-21(5-13)33(22-7-15(27(40,41)42)2-16(8-22)28(43,44)45,23-9-17(29(46,47)48)3-18(10-23)30(49,50)51)24-11-19(31(52,53)54)4-20(12-24)32(55,56)57;15-10-4-1-5-12-17-16-11-6-8-13-7-2-3-9-14(13)16/h1-12H;2-3,6-9,11H,1,4-5,12H2/q-1;+1. The molecule has 0 N–H and O–H groups in total. The molecule has 3 nitrogen and oxygen atoms in total. The second kappa shape index (κ2) is 20.5. The summed E-state index contributed by atoms with van der Waals surface area (Å²) in [5.41, 5.74) is -29.1. The summed E-state index contributed by atoms with van der Waals surface area (Å²) in [5.74, 6) is 0. The highest BCUT2D eigenvalue weighted by atomic mass is 19.4. The number of nitrogens with zero attached hydrogens (tertiary/aromatic N) is 2. The van der Waals surface area contributed by atoms with E-state index in [4.69, 9.17) is 10.1 Å². The fourth-order valence-electron chi connectivity index (χ4n) is 7.79. The zero-order valence-electron chi connectivity index (χ0n) is 36.2. The molecule has 0 saturated carbocycles. The molecule has 74 heavy (non-hydrogen) atoms. The van der Waals surface area contributed by atoms with Gasteiger partial charge in [0.2, 0.25) is 6.20 Å². The van der Waals surface area contributed by atoms with Crippen LogP contribution in [0, 0.1) is 11.3 Å². The van der Waals surface area contributed by atoms with Gasteiger partial charge in [-0.1, -0.05) is 60.7 Å². The molecule has 0 atom stereocenters. The maximum Gasteiger partial charge on any atom is 0.416 e. The minimum absolute atomic E-state index is 0.601. The van der Waals surface area contributed by atoms with Crippen molar-refractivity contribution < 1.29 is 115 Å². The molecule has 1 heterocycles. The fraction of sp³-hybridized carbons (Fsp3) is 0.261. The van der Waals surface area contributed by atoms with E-state index in [0.29, 0.717) is 13.0 Å². The lowest BCUT2D eigenvalue weighted by atomic mass is 9.12. The van der Waals surface area contributed by atoms with Crippen molar-refractivity contribution >= 4 is 38.9 Å². The van der Waals surface area contributed by atoms with Gasteiger partial charge in [-0.25, -0.2) is 0 Å². The maximum atomic E-state index is 14.2. The van der Waals surface area contributed by atoms with Crippen LogP contribution in [0.25, 0.3) is 10.9 Å². The third-order valence-corrected chi connectivity index (χ3v) is 11.0. The molecule has 1 aromatic heterocycles. The van der Waals surface area contributed by atoms with Crippen molar-refractivity contribution in [3.63, 3.8) is 0 Å². The second-order valence-electron chi connectivity index (χ2n) is 16.1. The number of aromatic nitrogens is 1. The van der Waals surface area contributed by atoms with Gasteiger partial charge in [0.15, 0.2) is 6.61 Å².